The number of nitrogens with two attached hydrogens (primary N) is 1. The minimum absolute atomic E-state index is 0.101. The molecule has 0 aliphatic carbocycles. The topological polar surface area (TPSA) is 71.1 Å². The summed E-state index contributed by atoms with van der Waals surface area (Å²) in [5, 5.41) is 11.1. The quantitative estimate of drug-likeness (QED) is 0.795. The van der Waals surface area contributed by atoms with Crippen molar-refractivity contribution in [2.75, 3.05) is 7.05 Å². The molecule has 3 rings (SSSR count). The lowest BCUT2D eigenvalue weighted by Gasteiger charge is -2.34. The molecular formula is C22H28FN3O2. The van der Waals surface area contributed by atoms with Crippen LogP contribution in [0.5, 0.6) is 5.75 Å². The SMILES string of the molecule is CCC(F)Oc1ccc([C@@]2(c3ccccc3)N=C(N)N(C)C2O)cc1C(C)C. The van der Waals surface area contributed by atoms with Crippen LogP contribution in [-0.4, -0.2) is 35.6 Å². The smallest absolute Gasteiger partial charge is 0.238 e. The molecule has 5 nitrogen and oxygen atoms in total. The Bertz CT molecular complexity index is 856. The van der Waals surface area contributed by atoms with Crippen molar-refractivity contribution in [2.24, 2.45) is 10.7 Å². The van der Waals surface area contributed by atoms with Gasteiger partial charge < -0.3 is 20.5 Å². The van der Waals surface area contributed by atoms with Gasteiger partial charge in [-0.25, -0.2) is 9.38 Å². The lowest BCUT2D eigenvalue weighted by Crippen LogP contribution is -2.45. The van der Waals surface area contributed by atoms with Gasteiger partial charge in [0.15, 0.2) is 17.7 Å². The van der Waals surface area contributed by atoms with Gasteiger partial charge in [-0.1, -0.05) is 57.2 Å². The van der Waals surface area contributed by atoms with Crippen LogP contribution in [0.15, 0.2) is 53.5 Å². The summed E-state index contributed by atoms with van der Waals surface area (Å²) >= 11 is 0. The maximum Gasteiger partial charge on any atom is 0.238 e. The summed E-state index contributed by atoms with van der Waals surface area (Å²) in [7, 11) is 1.71. The van der Waals surface area contributed by atoms with Gasteiger partial charge in [0.25, 0.3) is 0 Å². The van der Waals surface area contributed by atoms with Crippen molar-refractivity contribution in [1.29, 1.82) is 0 Å². The monoisotopic (exact) mass is 385 g/mol. The normalized spacial score (nSPS) is 23.0. The van der Waals surface area contributed by atoms with Gasteiger partial charge in [0.1, 0.15) is 5.75 Å². The Kier molecular flexibility index (Phi) is 5.61. The second kappa shape index (κ2) is 7.80. The number of likely N-dealkylation sites (N-methyl/N-ethyl adjacent to an activating group) is 1. The van der Waals surface area contributed by atoms with Crippen LogP contribution in [0.2, 0.25) is 0 Å². The number of aliphatic imine (C=N–C) groups is 1. The highest BCUT2D eigenvalue weighted by Crippen LogP contribution is 2.44. The van der Waals surface area contributed by atoms with Gasteiger partial charge in [0.2, 0.25) is 6.36 Å². The number of aliphatic hydroxyl groups excluding tert-OH is 1. The average Bonchev–Trinajstić information content (AvgIpc) is 2.93. The highest BCUT2D eigenvalue weighted by atomic mass is 19.1. The Labute approximate surface area is 165 Å². The van der Waals surface area contributed by atoms with E-state index in [0.29, 0.717) is 5.75 Å². The van der Waals surface area contributed by atoms with E-state index in [-0.39, 0.29) is 18.3 Å². The van der Waals surface area contributed by atoms with Gasteiger partial charge in [-0.05, 0) is 34.7 Å². The van der Waals surface area contributed by atoms with Gasteiger partial charge in [-0.15, -0.1) is 0 Å². The molecule has 150 valence electrons. The Hall–Kier alpha value is -2.60. The summed E-state index contributed by atoms with van der Waals surface area (Å²) < 4.78 is 19.3. The molecule has 0 saturated heterocycles. The maximum atomic E-state index is 13.9. The standard InChI is InChI=1S/C22H28FN3O2/c1-5-19(23)28-18-12-11-16(13-17(18)14(2)3)22(15-9-7-6-8-10-15)20(27)26(4)21(24)25-22/h6-14,19-20,27H,5H2,1-4H3,(H2,24,25)/t19?,20?,22-/m1/s1. The number of rotatable bonds is 6. The third kappa shape index (κ3) is 3.33. The molecule has 3 N–H and O–H groups in total. The van der Waals surface area contributed by atoms with E-state index in [1.54, 1.807) is 24.9 Å². The summed E-state index contributed by atoms with van der Waals surface area (Å²) in [6, 6.07) is 15.1. The van der Waals surface area contributed by atoms with E-state index in [9.17, 15) is 9.50 Å². The number of aliphatic hydroxyl groups is 1. The number of benzene rings is 2. The zero-order chi connectivity index (χ0) is 20.5. The first kappa shape index (κ1) is 20.1. The van der Waals surface area contributed by atoms with E-state index in [1.165, 1.54) is 0 Å². The Morgan fingerprint density at radius 3 is 2.43 bits per heavy atom. The number of nitrogens with zero attached hydrogens (tertiary/aromatic N) is 2. The largest absolute Gasteiger partial charge is 0.460 e. The second-order valence-electron chi connectivity index (χ2n) is 7.43. The number of hydrogen-bond donors (Lipinski definition) is 2. The molecule has 1 aliphatic rings. The van der Waals surface area contributed by atoms with Crippen molar-refractivity contribution in [1.82, 2.24) is 4.90 Å². The summed E-state index contributed by atoms with van der Waals surface area (Å²) in [6.45, 7) is 5.78. The molecule has 3 atom stereocenters. The zero-order valence-corrected chi connectivity index (χ0v) is 16.8. The number of ether oxygens (including phenoxy) is 1. The molecule has 1 aliphatic heterocycles. The van der Waals surface area contributed by atoms with Crippen LogP contribution >= 0.6 is 0 Å². The Morgan fingerprint density at radius 1 is 1.21 bits per heavy atom. The van der Waals surface area contributed by atoms with Gasteiger partial charge >= 0.3 is 0 Å². The molecule has 2 aromatic rings. The zero-order valence-electron chi connectivity index (χ0n) is 16.8. The van der Waals surface area contributed by atoms with Crippen LogP contribution in [0.25, 0.3) is 0 Å². The van der Waals surface area contributed by atoms with E-state index in [1.807, 2.05) is 56.3 Å². The molecule has 2 aromatic carbocycles. The summed E-state index contributed by atoms with van der Waals surface area (Å²) in [6.07, 6.45) is -2.05. The average molecular weight is 385 g/mol. The molecule has 0 spiro atoms. The minimum atomic E-state index is -1.36. The van der Waals surface area contributed by atoms with Gasteiger partial charge in [0, 0.05) is 13.5 Å². The highest BCUT2D eigenvalue weighted by Gasteiger charge is 2.49. The van der Waals surface area contributed by atoms with Crippen molar-refractivity contribution in [2.45, 2.75) is 51.2 Å². The van der Waals surface area contributed by atoms with E-state index < -0.39 is 18.1 Å². The molecule has 6 heteroatoms. The first-order valence-electron chi connectivity index (χ1n) is 9.58. The maximum absolute atomic E-state index is 13.9. The third-order valence-corrected chi connectivity index (χ3v) is 5.25. The first-order valence-corrected chi connectivity index (χ1v) is 9.58. The van der Waals surface area contributed by atoms with Crippen LogP contribution in [0.1, 0.15) is 49.8 Å². The summed E-state index contributed by atoms with van der Waals surface area (Å²) in [4.78, 5) is 6.24. The molecule has 0 saturated carbocycles. The van der Waals surface area contributed by atoms with Crippen LogP contribution < -0.4 is 10.5 Å². The number of guanidine groups is 1. The Balaban J connectivity index is 2.19. The molecule has 0 radical (unpaired) electrons. The number of alkyl halides is 1. The third-order valence-electron chi connectivity index (χ3n) is 5.25. The number of hydrogen-bond acceptors (Lipinski definition) is 5. The van der Waals surface area contributed by atoms with Crippen LogP contribution in [0.4, 0.5) is 4.39 Å². The highest BCUT2D eigenvalue weighted by molar-refractivity contribution is 5.82. The fourth-order valence-electron chi connectivity index (χ4n) is 3.57. The summed E-state index contributed by atoms with van der Waals surface area (Å²) in [5.41, 5.74) is 7.47. The molecule has 2 unspecified atom stereocenters. The van der Waals surface area contributed by atoms with Crippen molar-refractivity contribution in [3.05, 3.63) is 65.2 Å². The lowest BCUT2D eigenvalue weighted by molar-refractivity contribution is 0.0309. The van der Waals surface area contributed by atoms with E-state index in [4.69, 9.17) is 10.5 Å². The van der Waals surface area contributed by atoms with E-state index in [0.717, 1.165) is 16.7 Å². The molecular weight excluding hydrogens is 357 g/mol. The Morgan fingerprint density at radius 2 is 1.89 bits per heavy atom. The van der Waals surface area contributed by atoms with Gasteiger partial charge in [-0.2, -0.15) is 0 Å². The summed E-state index contributed by atoms with van der Waals surface area (Å²) in [5.74, 6) is 0.871. The molecule has 1 heterocycles. The minimum Gasteiger partial charge on any atom is -0.460 e. The van der Waals surface area contributed by atoms with Gasteiger partial charge in [0.05, 0.1) is 0 Å². The lowest BCUT2D eigenvalue weighted by atomic mass is 9.80. The van der Waals surface area contributed by atoms with Crippen molar-refractivity contribution < 1.29 is 14.2 Å². The predicted octanol–water partition coefficient (Wildman–Crippen LogP) is 3.72. The van der Waals surface area contributed by atoms with Crippen LogP contribution in [-0.2, 0) is 5.54 Å². The van der Waals surface area contributed by atoms with Gasteiger partial charge in [-0.3, -0.25) is 0 Å². The van der Waals surface area contributed by atoms with Crippen molar-refractivity contribution in [3.63, 3.8) is 0 Å². The van der Waals surface area contributed by atoms with E-state index in [2.05, 4.69) is 4.99 Å². The fraction of sp³-hybridized carbons (Fsp3) is 0.409. The molecule has 0 aromatic heterocycles. The predicted molar refractivity (Wildman–Crippen MR) is 109 cm³/mol. The van der Waals surface area contributed by atoms with Crippen molar-refractivity contribution >= 4 is 5.96 Å². The molecule has 0 fully saturated rings. The first-order chi connectivity index (χ1) is 13.3. The number of halogens is 1. The van der Waals surface area contributed by atoms with Crippen LogP contribution in [0.3, 0.4) is 0 Å². The van der Waals surface area contributed by atoms with E-state index >= 15 is 0 Å². The second-order valence-corrected chi connectivity index (χ2v) is 7.43. The molecule has 0 bridgehead atoms. The fourth-order valence-corrected chi connectivity index (χ4v) is 3.57. The molecule has 0 amide bonds. The van der Waals surface area contributed by atoms with Crippen molar-refractivity contribution in [3.8, 4) is 5.75 Å². The molecule has 28 heavy (non-hydrogen) atoms. The van der Waals surface area contributed by atoms with Crippen LogP contribution in [0, 0.1) is 0 Å².